The van der Waals surface area contributed by atoms with E-state index in [4.69, 9.17) is 4.74 Å². The Hall–Kier alpha value is -0.980. The van der Waals surface area contributed by atoms with Crippen molar-refractivity contribution >= 4 is 10.0 Å². The summed E-state index contributed by atoms with van der Waals surface area (Å²) < 4.78 is 45.2. The zero-order valence-corrected chi connectivity index (χ0v) is 10.5. The molecule has 6 heteroatoms. The summed E-state index contributed by atoms with van der Waals surface area (Å²) >= 11 is 0. The highest BCUT2D eigenvalue weighted by Gasteiger charge is 2.46. The summed E-state index contributed by atoms with van der Waals surface area (Å²) in [6, 6.07) is 4.97. The monoisotopic (exact) mass is 271 g/mol. The van der Waals surface area contributed by atoms with Gasteiger partial charge in [0.25, 0.3) is 0 Å². The van der Waals surface area contributed by atoms with Crippen molar-refractivity contribution in [1.29, 1.82) is 0 Å². The molecular weight excluding hydrogens is 257 g/mol. The summed E-state index contributed by atoms with van der Waals surface area (Å²) in [5.74, 6) is -0.276. The molecule has 1 saturated heterocycles. The third-order valence-electron chi connectivity index (χ3n) is 3.68. The number of hydrogen-bond donors (Lipinski definition) is 1. The fraction of sp³-hybridized carbons (Fsp3) is 0.500. The maximum absolute atomic E-state index is 13.0. The minimum Gasteiger partial charge on any atom is -0.378 e. The van der Waals surface area contributed by atoms with Gasteiger partial charge in [0.15, 0.2) is 0 Å². The maximum Gasteiger partial charge on any atom is 0.240 e. The molecule has 1 aromatic rings. The first-order valence-corrected chi connectivity index (χ1v) is 7.44. The largest absolute Gasteiger partial charge is 0.378 e. The third kappa shape index (κ3) is 2.04. The van der Waals surface area contributed by atoms with Gasteiger partial charge in [-0.05, 0) is 31.0 Å². The minimum absolute atomic E-state index is 0.0233. The Labute approximate surface area is 105 Å². The fourth-order valence-corrected chi connectivity index (χ4v) is 3.97. The molecule has 0 aromatic heterocycles. The highest BCUT2D eigenvalue weighted by atomic mass is 32.2. The fourth-order valence-electron chi connectivity index (χ4n) is 2.63. The maximum atomic E-state index is 13.0. The molecule has 1 aliphatic carbocycles. The topological polar surface area (TPSA) is 55.4 Å². The Morgan fingerprint density at radius 3 is 2.94 bits per heavy atom. The smallest absolute Gasteiger partial charge is 0.240 e. The number of halogens is 1. The Balaban J connectivity index is 1.75. The van der Waals surface area contributed by atoms with Gasteiger partial charge in [-0.3, -0.25) is 0 Å². The van der Waals surface area contributed by atoms with Crippen molar-refractivity contribution in [2.45, 2.75) is 29.9 Å². The summed E-state index contributed by atoms with van der Waals surface area (Å²) in [4.78, 5) is -0.0233. The number of fused-ring (bicyclic) bond motifs is 1. The normalized spacial score (nSPS) is 30.8. The zero-order chi connectivity index (χ0) is 12.8. The molecule has 0 radical (unpaired) electrons. The molecule has 0 bridgehead atoms. The second kappa shape index (κ2) is 4.29. The van der Waals surface area contributed by atoms with E-state index in [2.05, 4.69) is 4.72 Å². The molecule has 0 unspecified atom stereocenters. The van der Waals surface area contributed by atoms with Crippen LogP contribution in [0, 0.1) is 11.7 Å². The Kier molecular flexibility index (Phi) is 2.88. The molecule has 18 heavy (non-hydrogen) atoms. The van der Waals surface area contributed by atoms with Gasteiger partial charge >= 0.3 is 0 Å². The van der Waals surface area contributed by atoms with Gasteiger partial charge in [-0.2, -0.15) is 0 Å². The summed E-state index contributed by atoms with van der Waals surface area (Å²) in [6.45, 7) is 0.702. The van der Waals surface area contributed by atoms with Crippen molar-refractivity contribution in [3.05, 3.63) is 30.1 Å². The molecule has 1 heterocycles. The van der Waals surface area contributed by atoms with Gasteiger partial charge in [-0.25, -0.2) is 17.5 Å². The lowest BCUT2D eigenvalue weighted by molar-refractivity contribution is 0.0143. The van der Waals surface area contributed by atoms with E-state index in [1.807, 2.05) is 0 Å². The first-order chi connectivity index (χ1) is 8.56. The van der Waals surface area contributed by atoms with Gasteiger partial charge in [0, 0.05) is 18.6 Å². The van der Waals surface area contributed by atoms with Crippen LogP contribution in [0.3, 0.4) is 0 Å². The molecule has 0 spiro atoms. The molecule has 1 saturated carbocycles. The van der Waals surface area contributed by atoms with Crippen molar-refractivity contribution in [1.82, 2.24) is 4.72 Å². The average Bonchev–Trinajstić information content (AvgIpc) is 2.68. The molecule has 0 amide bonds. The summed E-state index contributed by atoms with van der Waals surface area (Å²) in [7, 11) is -3.63. The molecule has 98 valence electrons. The van der Waals surface area contributed by atoms with Crippen molar-refractivity contribution < 1.29 is 17.5 Å². The van der Waals surface area contributed by atoms with Crippen LogP contribution in [0.1, 0.15) is 12.8 Å². The lowest BCUT2D eigenvalue weighted by atomic mass is 9.77. The Morgan fingerprint density at radius 1 is 1.39 bits per heavy atom. The molecule has 1 aliphatic heterocycles. The molecule has 3 rings (SSSR count). The molecule has 3 atom stereocenters. The standard InChI is InChI=1S/C12H14FNO3S/c13-8-2-1-3-9(6-8)18(15,16)14-11-7-12-10(11)4-5-17-12/h1-3,6,10-12,14H,4-5,7H2/t10-,11+,12+/m1/s1. The highest BCUT2D eigenvalue weighted by molar-refractivity contribution is 7.89. The Bertz CT molecular complexity index is 560. The lowest BCUT2D eigenvalue weighted by Gasteiger charge is -2.38. The van der Waals surface area contributed by atoms with Gasteiger partial charge in [-0.15, -0.1) is 0 Å². The van der Waals surface area contributed by atoms with E-state index < -0.39 is 15.8 Å². The predicted octanol–water partition coefficient (Wildman–Crippen LogP) is 1.28. The van der Waals surface area contributed by atoms with Crippen molar-refractivity contribution in [3.8, 4) is 0 Å². The van der Waals surface area contributed by atoms with Crippen LogP contribution in [0.15, 0.2) is 29.2 Å². The molecule has 1 N–H and O–H groups in total. The van der Waals surface area contributed by atoms with Crippen molar-refractivity contribution in [2.24, 2.45) is 5.92 Å². The number of rotatable bonds is 3. The lowest BCUT2D eigenvalue weighted by Crippen LogP contribution is -2.53. The third-order valence-corrected chi connectivity index (χ3v) is 5.16. The van der Waals surface area contributed by atoms with Gasteiger partial charge in [0.05, 0.1) is 11.0 Å². The number of sulfonamides is 1. The Morgan fingerprint density at radius 2 is 2.22 bits per heavy atom. The van der Waals surface area contributed by atoms with E-state index in [1.165, 1.54) is 18.2 Å². The molecule has 4 nitrogen and oxygen atoms in total. The van der Waals surface area contributed by atoms with Crippen LogP contribution in [0.2, 0.25) is 0 Å². The van der Waals surface area contributed by atoms with Crippen LogP contribution < -0.4 is 4.72 Å². The van der Waals surface area contributed by atoms with E-state index in [0.717, 1.165) is 12.5 Å². The first kappa shape index (κ1) is 12.1. The van der Waals surface area contributed by atoms with Gasteiger partial charge in [-0.1, -0.05) is 6.07 Å². The molecular formula is C12H14FNO3S. The quantitative estimate of drug-likeness (QED) is 0.901. The number of benzene rings is 1. The average molecular weight is 271 g/mol. The van der Waals surface area contributed by atoms with Crippen LogP contribution in [0.4, 0.5) is 4.39 Å². The number of ether oxygens (including phenoxy) is 1. The first-order valence-electron chi connectivity index (χ1n) is 5.96. The van der Waals surface area contributed by atoms with E-state index in [9.17, 15) is 12.8 Å². The van der Waals surface area contributed by atoms with Crippen LogP contribution in [-0.4, -0.2) is 27.2 Å². The second-order valence-electron chi connectivity index (χ2n) is 4.78. The van der Waals surface area contributed by atoms with E-state index in [0.29, 0.717) is 13.0 Å². The van der Waals surface area contributed by atoms with Crippen LogP contribution in [0.25, 0.3) is 0 Å². The SMILES string of the molecule is O=S(=O)(N[C@H]1C[C@@H]2OCC[C@H]12)c1cccc(F)c1. The summed E-state index contributed by atoms with van der Waals surface area (Å²) in [5, 5.41) is 0. The van der Waals surface area contributed by atoms with Crippen molar-refractivity contribution in [3.63, 3.8) is 0 Å². The zero-order valence-electron chi connectivity index (χ0n) is 9.67. The van der Waals surface area contributed by atoms with E-state index in [1.54, 1.807) is 0 Å². The van der Waals surface area contributed by atoms with Crippen molar-refractivity contribution in [2.75, 3.05) is 6.61 Å². The molecule has 2 aliphatic rings. The molecule has 2 fully saturated rings. The van der Waals surface area contributed by atoms with Gasteiger partial charge < -0.3 is 4.74 Å². The minimum atomic E-state index is -3.63. The predicted molar refractivity (Wildman–Crippen MR) is 63.0 cm³/mol. The van der Waals surface area contributed by atoms with Crippen LogP contribution in [0.5, 0.6) is 0 Å². The highest BCUT2D eigenvalue weighted by Crippen LogP contribution is 2.39. The van der Waals surface area contributed by atoms with E-state index >= 15 is 0 Å². The molecule has 1 aromatic carbocycles. The van der Waals surface area contributed by atoms with E-state index in [-0.39, 0.29) is 23.0 Å². The number of nitrogens with one attached hydrogen (secondary N) is 1. The number of hydrogen-bond acceptors (Lipinski definition) is 3. The summed E-state index contributed by atoms with van der Waals surface area (Å²) in [6.07, 6.45) is 1.80. The van der Waals surface area contributed by atoms with Crippen LogP contribution in [-0.2, 0) is 14.8 Å². The summed E-state index contributed by atoms with van der Waals surface area (Å²) in [5.41, 5.74) is 0. The van der Waals surface area contributed by atoms with Gasteiger partial charge in [0.2, 0.25) is 10.0 Å². The van der Waals surface area contributed by atoms with Crippen LogP contribution >= 0.6 is 0 Å². The van der Waals surface area contributed by atoms with Gasteiger partial charge in [0.1, 0.15) is 5.82 Å². The second-order valence-corrected chi connectivity index (χ2v) is 6.50.